The van der Waals surface area contributed by atoms with Crippen LogP contribution < -0.4 is 15.0 Å². The van der Waals surface area contributed by atoms with E-state index >= 15 is 0 Å². The molecule has 2 aromatic carbocycles. The van der Waals surface area contributed by atoms with E-state index in [4.69, 9.17) is 9.47 Å². The molecule has 3 rings (SSSR count). The molecule has 1 atom stereocenters. The van der Waals surface area contributed by atoms with E-state index in [1.165, 1.54) is 5.69 Å². The fraction of sp³-hybridized carbons (Fsp3) is 0.318. The molecule has 1 aliphatic rings. The second-order valence-corrected chi connectivity index (χ2v) is 6.50. The van der Waals surface area contributed by atoms with Crippen molar-refractivity contribution in [2.45, 2.75) is 13.0 Å². The van der Waals surface area contributed by atoms with E-state index in [1.807, 2.05) is 43.3 Å². The Balaban J connectivity index is 1.63. The van der Waals surface area contributed by atoms with Crippen molar-refractivity contribution in [2.24, 2.45) is 0 Å². The summed E-state index contributed by atoms with van der Waals surface area (Å²) in [4.78, 5) is 14.6. The maximum atomic E-state index is 12.3. The first-order valence-electron chi connectivity index (χ1n) is 9.21. The molecule has 2 aromatic rings. The molecule has 1 N–H and O–H groups in total. The van der Waals surface area contributed by atoms with Crippen LogP contribution in [0.4, 0.5) is 5.69 Å². The van der Waals surface area contributed by atoms with Crippen LogP contribution in [0, 0.1) is 0 Å². The topological polar surface area (TPSA) is 50.8 Å². The zero-order valence-corrected chi connectivity index (χ0v) is 15.9. The molecule has 1 fully saturated rings. The molecule has 27 heavy (non-hydrogen) atoms. The number of nitrogens with one attached hydrogen (secondary N) is 1. The van der Waals surface area contributed by atoms with Gasteiger partial charge in [0.15, 0.2) is 0 Å². The van der Waals surface area contributed by atoms with Crippen LogP contribution in [0.2, 0.25) is 0 Å². The molecule has 0 aliphatic carbocycles. The number of methoxy groups -OCH3 is 1. The van der Waals surface area contributed by atoms with Gasteiger partial charge in [0.1, 0.15) is 5.75 Å². The number of benzene rings is 2. The first-order valence-corrected chi connectivity index (χ1v) is 9.21. The molecule has 1 aliphatic heterocycles. The average Bonchev–Trinajstić information content (AvgIpc) is 2.73. The first-order chi connectivity index (χ1) is 13.2. The lowest BCUT2D eigenvalue weighted by Crippen LogP contribution is -2.36. The van der Waals surface area contributed by atoms with Crippen molar-refractivity contribution in [3.05, 3.63) is 65.7 Å². The van der Waals surface area contributed by atoms with Crippen molar-refractivity contribution in [2.75, 3.05) is 38.3 Å². The van der Waals surface area contributed by atoms with Gasteiger partial charge in [-0.3, -0.25) is 4.79 Å². The summed E-state index contributed by atoms with van der Waals surface area (Å²) >= 11 is 0. The molecule has 5 nitrogen and oxygen atoms in total. The molecule has 0 saturated carbocycles. The first kappa shape index (κ1) is 19.0. The molecule has 142 valence electrons. The Bertz CT molecular complexity index is 798. The summed E-state index contributed by atoms with van der Waals surface area (Å²) in [6.45, 7) is 5.29. The number of ether oxygens (including phenoxy) is 2. The van der Waals surface area contributed by atoms with Crippen molar-refractivity contribution >= 4 is 17.7 Å². The monoisotopic (exact) mass is 366 g/mol. The summed E-state index contributed by atoms with van der Waals surface area (Å²) in [6, 6.07) is 15.8. The smallest absolute Gasteiger partial charge is 0.244 e. The molecule has 0 bridgehead atoms. The van der Waals surface area contributed by atoms with Crippen LogP contribution in [0.3, 0.4) is 0 Å². The summed E-state index contributed by atoms with van der Waals surface area (Å²) in [7, 11) is 1.62. The molecule has 0 radical (unpaired) electrons. The third-order valence-corrected chi connectivity index (χ3v) is 4.66. The van der Waals surface area contributed by atoms with Crippen LogP contribution in [0.15, 0.2) is 54.6 Å². The minimum atomic E-state index is -0.134. The fourth-order valence-corrected chi connectivity index (χ4v) is 3.13. The second-order valence-electron chi connectivity index (χ2n) is 6.50. The number of morpholine rings is 1. The normalized spacial score (nSPS) is 15.6. The minimum absolute atomic E-state index is 0.0826. The number of hydrogen-bond donors (Lipinski definition) is 1. The van der Waals surface area contributed by atoms with Gasteiger partial charge in [0.2, 0.25) is 5.91 Å². The maximum Gasteiger partial charge on any atom is 0.244 e. The van der Waals surface area contributed by atoms with Crippen molar-refractivity contribution in [3.8, 4) is 5.75 Å². The molecule has 0 unspecified atom stereocenters. The second kappa shape index (κ2) is 9.24. The van der Waals surface area contributed by atoms with Gasteiger partial charge in [-0.2, -0.15) is 0 Å². The lowest BCUT2D eigenvalue weighted by atomic mass is 10.1. The summed E-state index contributed by atoms with van der Waals surface area (Å²) in [5.41, 5.74) is 3.12. The summed E-state index contributed by atoms with van der Waals surface area (Å²) in [5, 5.41) is 3.02. The Hall–Kier alpha value is -2.79. The molecule has 1 heterocycles. The van der Waals surface area contributed by atoms with E-state index in [0.717, 1.165) is 43.2 Å². The number of nitrogens with zero attached hydrogens (tertiary/aromatic N) is 1. The number of carbonyl (C=O) groups excluding carboxylic acids is 1. The number of hydrogen-bond acceptors (Lipinski definition) is 4. The predicted octanol–water partition coefficient (Wildman–Crippen LogP) is 3.42. The van der Waals surface area contributed by atoms with Gasteiger partial charge >= 0.3 is 0 Å². The van der Waals surface area contributed by atoms with Crippen LogP contribution >= 0.6 is 0 Å². The summed E-state index contributed by atoms with van der Waals surface area (Å²) in [6.07, 6.45) is 3.31. The molecule has 5 heteroatoms. The molecule has 1 saturated heterocycles. The minimum Gasteiger partial charge on any atom is -0.496 e. The van der Waals surface area contributed by atoms with Crippen LogP contribution in [0.5, 0.6) is 5.75 Å². The Morgan fingerprint density at radius 3 is 2.74 bits per heavy atom. The number of para-hydroxylation sites is 1. The lowest BCUT2D eigenvalue weighted by molar-refractivity contribution is -0.117. The average molecular weight is 366 g/mol. The molecular weight excluding hydrogens is 340 g/mol. The maximum absolute atomic E-state index is 12.3. The highest BCUT2D eigenvalue weighted by Crippen LogP contribution is 2.22. The quantitative estimate of drug-likeness (QED) is 0.796. The van der Waals surface area contributed by atoms with Gasteiger partial charge in [0.25, 0.3) is 0 Å². The Labute approximate surface area is 160 Å². The van der Waals surface area contributed by atoms with E-state index in [1.54, 1.807) is 19.3 Å². The van der Waals surface area contributed by atoms with Crippen LogP contribution in [-0.2, 0) is 9.53 Å². The Morgan fingerprint density at radius 1 is 1.19 bits per heavy atom. The molecule has 0 spiro atoms. The predicted molar refractivity (Wildman–Crippen MR) is 108 cm³/mol. The largest absolute Gasteiger partial charge is 0.496 e. The number of anilines is 1. The lowest BCUT2D eigenvalue weighted by Gasteiger charge is -2.29. The fourth-order valence-electron chi connectivity index (χ4n) is 3.13. The van der Waals surface area contributed by atoms with Gasteiger partial charge < -0.3 is 19.7 Å². The molecule has 0 aromatic heterocycles. The molecule has 1 amide bonds. The molecular formula is C22H26N2O3. The third-order valence-electron chi connectivity index (χ3n) is 4.66. The Kier molecular flexibility index (Phi) is 6.49. The van der Waals surface area contributed by atoms with Gasteiger partial charge in [0, 0.05) is 30.4 Å². The zero-order valence-electron chi connectivity index (χ0n) is 15.9. The number of rotatable bonds is 6. The zero-order chi connectivity index (χ0) is 19.1. The summed E-state index contributed by atoms with van der Waals surface area (Å²) < 4.78 is 10.7. The van der Waals surface area contributed by atoms with E-state index < -0.39 is 0 Å². The van der Waals surface area contributed by atoms with Gasteiger partial charge in [-0.1, -0.05) is 30.3 Å². The van der Waals surface area contributed by atoms with Gasteiger partial charge in [-0.05, 0) is 36.8 Å². The van der Waals surface area contributed by atoms with E-state index in [2.05, 4.69) is 22.3 Å². The van der Waals surface area contributed by atoms with Crippen LogP contribution in [-0.4, -0.2) is 39.3 Å². The third kappa shape index (κ3) is 5.11. The number of amides is 1. The number of carbonyl (C=O) groups is 1. The van der Waals surface area contributed by atoms with E-state index in [9.17, 15) is 4.79 Å². The van der Waals surface area contributed by atoms with Gasteiger partial charge in [0.05, 0.1) is 26.4 Å². The van der Waals surface area contributed by atoms with E-state index in [-0.39, 0.29) is 11.9 Å². The van der Waals surface area contributed by atoms with Gasteiger partial charge in [-0.25, -0.2) is 0 Å². The highest BCUT2D eigenvalue weighted by molar-refractivity contribution is 5.92. The summed E-state index contributed by atoms with van der Waals surface area (Å²) in [5.74, 6) is 0.609. The SMILES string of the molecule is COc1ccccc1/C=C/C(=O)N[C@@H](C)c1cccc(N2CCOCC2)c1. The van der Waals surface area contributed by atoms with Crippen molar-refractivity contribution < 1.29 is 14.3 Å². The van der Waals surface area contributed by atoms with Crippen molar-refractivity contribution in [1.29, 1.82) is 0 Å². The van der Waals surface area contributed by atoms with Gasteiger partial charge in [-0.15, -0.1) is 0 Å². The van der Waals surface area contributed by atoms with Crippen molar-refractivity contribution in [1.82, 2.24) is 5.32 Å². The van der Waals surface area contributed by atoms with Crippen LogP contribution in [0.25, 0.3) is 6.08 Å². The Morgan fingerprint density at radius 2 is 1.96 bits per heavy atom. The highest BCUT2D eigenvalue weighted by Gasteiger charge is 2.13. The van der Waals surface area contributed by atoms with E-state index in [0.29, 0.717) is 0 Å². The van der Waals surface area contributed by atoms with Crippen molar-refractivity contribution in [3.63, 3.8) is 0 Å². The van der Waals surface area contributed by atoms with Crippen LogP contribution in [0.1, 0.15) is 24.1 Å². The highest BCUT2D eigenvalue weighted by atomic mass is 16.5. The standard InChI is InChI=1S/C22H26N2O3/c1-17(19-7-5-8-20(16-19)24-12-14-27-15-13-24)23-22(25)11-10-18-6-3-4-9-21(18)26-2/h3-11,16-17H,12-15H2,1-2H3,(H,23,25)/b11-10+/t17-/m0/s1.